The Labute approximate surface area is 90.0 Å². The number of aryl methyl sites for hydroxylation is 1. The van der Waals surface area contributed by atoms with Gasteiger partial charge in [-0.15, -0.1) is 0 Å². The van der Waals surface area contributed by atoms with Crippen molar-refractivity contribution in [1.82, 2.24) is 9.97 Å². The Bertz CT molecular complexity index is 424. The molecule has 0 saturated carbocycles. The monoisotopic (exact) mass is 197 g/mol. The molecule has 0 amide bonds. The lowest BCUT2D eigenvalue weighted by atomic mass is 10.0. The van der Waals surface area contributed by atoms with Crippen LogP contribution in [0.15, 0.2) is 36.7 Å². The molecule has 0 fully saturated rings. The van der Waals surface area contributed by atoms with E-state index in [-0.39, 0.29) is 0 Å². The number of nitrogens with zero attached hydrogens (tertiary/aromatic N) is 2. The third-order valence-electron chi connectivity index (χ3n) is 2.38. The van der Waals surface area contributed by atoms with E-state index in [1.165, 1.54) is 5.56 Å². The zero-order valence-electron chi connectivity index (χ0n) is 8.77. The first-order valence-corrected chi connectivity index (χ1v) is 5.14. The first-order valence-electron chi connectivity index (χ1n) is 5.14. The molecule has 0 aliphatic heterocycles. The van der Waals surface area contributed by atoms with Gasteiger partial charge in [-0.2, -0.15) is 0 Å². The number of hydrogen-bond donors (Lipinski definition) is 0. The summed E-state index contributed by atoms with van der Waals surface area (Å²) in [5.41, 5.74) is 3.47. The van der Waals surface area contributed by atoms with Gasteiger partial charge in [-0.3, -0.25) is 0 Å². The van der Waals surface area contributed by atoms with E-state index in [4.69, 9.17) is 0 Å². The minimum Gasteiger partial charge on any atom is -0.241 e. The van der Waals surface area contributed by atoms with Crippen molar-refractivity contribution in [3.63, 3.8) is 0 Å². The highest BCUT2D eigenvalue weighted by Crippen LogP contribution is 2.10. The van der Waals surface area contributed by atoms with Gasteiger partial charge in [0.1, 0.15) is 6.33 Å². The smallest absolute Gasteiger partial charge is 0.116 e. The van der Waals surface area contributed by atoms with Crippen molar-refractivity contribution in [2.75, 3.05) is 0 Å². The Morgan fingerprint density at radius 2 is 2.00 bits per heavy atom. The molecule has 0 unspecified atom stereocenters. The number of hydrogen-bond acceptors (Lipinski definition) is 2. The Kier molecular flexibility index (Phi) is 3.08. The number of aromatic nitrogens is 2. The highest BCUT2D eigenvalue weighted by atomic mass is 14.8. The Morgan fingerprint density at radius 3 is 2.73 bits per heavy atom. The molecule has 1 radical (unpaired) electrons. The van der Waals surface area contributed by atoms with Crippen LogP contribution in [0.25, 0.3) is 0 Å². The van der Waals surface area contributed by atoms with Gasteiger partial charge >= 0.3 is 0 Å². The van der Waals surface area contributed by atoms with Crippen LogP contribution in [0.2, 0.25) is 0 Å². The van der Waals surface area contributed by atoms with Crippen LogP contribution in [-0.4, -0.2) is 9.97 Å². The molecule has 0 bridgehead atoms. The topological polar surface area (TPSA) is 25.8 Å². The average molecular weight is 197 g/mol. The standard InChI is InChI=1S/C13H13N2/c1-2-13-12(9-14-10-15-13)8-11-6-4-3-5-7-11/h3-7,10H,2,8H2,1H3. The van der Waals surface area contributed by atoms with Gasteiger partial charge in [0, 0.05) is 17.7 Å². The van der Waals surface area contributed by atoms with Gasteiger partial charge in [-0.25, -0.2) is 9.97 Å². The van der Waals surface area contributed by atoms with Crippen molar-refractivity contribution < 1.29 is 0 Å². The van der Waals surface area contributed by atoms with Crippen molar-refractivity contribution in [2.45, 2.75) is 19.8 Å². The lowest BCUT2D eigenvalue weighted by Gasteiger charge is -2.04. The predicted octanol–water partition coefficient (Wildman–Crippen LogP) is 2.43. The van der Waals surface area contributed by atoms with Gasteiger partial charge in [-0.05, 0) is 12.0 Å². The van der Waals surface area contributed by atoms with Crippen LogP contribution >= 0.6 is 0 Å². The quantitative estimate of drug-likeness (QED) is 0.755. The summed E-state index contributed by atoms with van der Waals surface area (Å²) in [6.07, 6.45) is 6.38. The molecule has 0 aliphatic rings. The van der Waals surface area contributed by atoms with Gasteiger partial charge < -0.3 is 0 Å². The normalized spacial score (nSPS) is 10.2. The molecule has 1 heterocycles. The Balaban J connectivity index is 2.24. The lowest BCUT2D eigenvalue weighted by Crippen LogP contribution is -1.99. The Hall–Kier alpha value is -1.70. The Morgan fingerprint density at radius 1 is 1.20 bits per heavy atom. The highest BCUT2D eigenvalue weighted by molar-refractivity contribution is 5.26. The third kappa shape index (κ3) is 2.40. The number of benzene rings is 1. The molecule has 2 heteroatoms. The van der Waals surface area contributed by atoms with E-state index in [9.17, 15) is 0 Å². The molecular formula is C13H13N2. The fourth-order valence-corrected chi connectivity index (χ4v) is 1.59. The molecule has 2 rings (SSSR count). The summed E-state index contributed by atoms with van der Waals surface area (Å²) in [7, 11) is 0. The van der Waals surface area contributed by atoms with Crippen molar-refractivity contribution in [3.8, 4) is 0 Å². The SMILES string of the molecule is CCc1ncn[c]c1Cc1ccccc1. The molecule has 0 atom stereocenters. The fourth-order valence-electron chi connectivity index (χ4n) is 1.59. The van der Waals surface area contributed by atoms with E-state index in [0.717, 1.165) is 24.1 Å². The van der Waals surface area contributed by atoms with Crippen molar-refractivity contribution in [2.24, 2.45) is 0 Å². The van der Waals surface area contributed by atoms with Crippen molar-refractivity contribution in [1.29, 1.82) is 0 Å². The van der Waals surface area contributed by atoms with E-state index in [2.05, 4.69) is 35.2 Å². The van der Waals surface area contributed by atoms with Gasteiger partial charge in [0.15, 0.2) is 0 Å². The molecule has 75 valence electrons. The average Bonchev–Trinajstić information content (AvgIpc) is 2.31. The summed E-state index contributed by atoms with van der Waals surface area (Å²) < 4.78 is 0. The molecule has 1 aromatic heterocycles. The molecule has 0 N–H and O–H groups in total. The predicted molar refractivity (Wildman–Crippen MR) is 59.5 cm³/mol. The minimum atomic E-state index is 0.866. The third-order valence-corrected chi connectivity index (χ3v) is 2.38. The van der Waals surface area contributed by atoms with Gasteiger partial charge in [0.25, 0.3) is 0 Å². The van der Waals surface area contributed by atoms with Crippen LogP contribution in [0.1, 0.15) is 23.7 Å². The molecule has 2 aromatic rings. The van der Waals surface area contributed by atoms with E-state index in [1.54, 1.807) is 6.33 Å². The minimum absolute atomic E-state index is 0.866. The lowest BCUT2D eigenvalue weighted by molar-refractivity contribution is 0.937. The second kappa shape index (κ2) is 4.69. The summed E-state index contributed by atoms with van der Waals surface area (Å²) in [5.74, 6) is 0. The maximum Gasteiger partial charge on any atom is 0.116 e. The summed E-state index contributed by atoms with van der Waals surface area (Å²) >= 11 is 0. The van der Waals surface area contributed by atoms with Gasteiger partial charge in [0.2, 0.25) is 0 Å². The first kappa shape index (κ1) is 9.84. The van der Waals surface area contributed by atoms with Crippen LogP contribution in [0.4, 0.5) is 0 Å². The number of rotatable bonds is 3. The molecule has 0 spiro atoms. The molecule has 0 aliphatic carbocycles. The zero-order chi connectivity index (χ0) is 10.5. The van der Waals surface area contributed by atoms with Crippen LogP contribution in [0.3, 0.4) is 0 Å². The summed E-state index contributed by atoms with van der Waals surface area (Å²) in [4.78, 5) is 8.20. The summed E-state index contributed by atoms with van der Waals surface area (Å²) in [5, 5.41) is 0. The maximum atomic E-state index is 4.25. The van der Waals surface area contributed by atoms with Crippen molar-refractivity contribution >= 4 is 0 Å². The summed E-state index contributed by atoms with van der Waals surface area (Å²) in [6, 6.07) is 10.3. The highest BCUT2D eigenvalue weighted by Gasteiger charge is 2.03. The van der Waals surface area contributed by atoms with Gasteiger partial charge in [0.05, 0.1) is 6.20 Å². The molecule has 1 aromatic carbocycles. The largest absolute Gasteiger partial charge is 0.241 e. The first-order chi connectivity index (χ1) is 7.40. The van der Waals surface area contributed by atoms with Gasteiger partial charge in [-0.1, -0.05) is 37.3 Å². The molecule has 15 heavy (non-hydrogen) atoms. The molecule has 0 saturated heterocycles. The van der Waals surface area contributed by atoms with E-state index < -0.39 is 0 Å². The maximum absolute atomic E-state index is 4.25. The van der Waals surface area contributed by atoms with Crippen LogP contribution < -0.4 is 0 Å². The second-order valence-corrected chi connectivity index (χ2v) is 3.43. The van der Waals surface area contributed by atoms with E-state index >= 15 is 0 Å². The fraction of sp³-hybridized carbons (Fsp3) is 0.231. The van der Waals surface area contributed by atoms with E-state index in [0.29, 0.717) is 0 Å². The molecule has 2 nitrogen and oxygen atoms in total. The van der Waals surface area contributed by atoms with Crippen LogP contribution in [-0.2, 0) is 12.8 Å². The molecular weight excluding hydrogens is 184 g/mol. The zero-order valence-corrected chi connectivity index (χ0v) is 8.77. The summed E-state index contributed by atoms with van der Waals surface area (Å²) in [6.45, 7) is 2.10. The van der Waals surface area contributed by atoms with E-state index in [1.807, 2.05) is 18.2 Å². The van der Waals surface area contributed by atoms with Crippen LogP contribution in [0, 0.1) is 6.20 Å². The second-order valence-electron chi connectivity index (χ2n) is 3.43. The van der Waals surface area contributed by atoms with Crippen molar-refractivity contribution in [3.05, 3.63) is 59.7 Å². The van der Waals surface area contributed by atoms with Crippen LogP contribution in [0.5, 0.6) is 0 Å².